The molecular formula is C17H24N2O2. The Bertz CT molecular complexity index is 514. The summed E-state index contributed by atoms with van der Waals surface area (Å²) in [6.07, 6.45) is 2.08. The first kappa shape index (κ1) is 14.4. The zero-order chi connectivity index (χ0) is 15.0. The van der Waals surface area contributed by atoms with Crippen LogP contribution in [-0.4, -0.2) is 30.5 Å². The molecule has 1 aliphatic heterocycles. The van der Waals surface area contributed by atoms with Crippen molar-refractivity contribution in [3.05, 3.63) is 29.8 Å². The van der Waals surface area contributed by atoms with Crippen molar-refractivity contribution >= 4 is 5.91 Å². The molecule has 21 heavy (non-hydrogen) atoms. The second-order valence-corrected chi connectivity index (χ2v) is 6.27. The van der Waals surface area contributed by atoms with E-state index in [-0.39, 0.29) is 18.1 Å². The van der Waals surface area contributed by atoms with E-state index in [1.807, 2.05) is 29.2 Å². The van der Waals surface area contributed by atoms with E-state index in [0.717, 1.165) is 30.2 Å². The molecule has 1 amide bonds. The van der Waals surface area contributed by atoms with E-state index in [1.165, 1.54) is 6.42 Å². The fourth-order valence-corrected chi connectivity index (χ4v) is 3.14. The van der Waals surface area contributed by atoms with Gasteiger partial charge in [-0.1, -0.05) is 26.0 Å². The quantitative estimate of drug-likeness (QED) is 0.905. The largest absolute Gasteiger partial charge is 0.497 e. The van der Waals surface area contributed by atoms with Gasteiger partial charge in [0.15, 0.2) is 0 Å². The standard InChI is InChI=1S/C17H24N2O2/c1-4-15-17(20)19(10-13-9-11(13)2)16(18-15)12-5-7-14(21-3)8-6-12/h5-8,11,13,15-16,18H,4,9-10H2,1-3H3. The summed E-state index contributed by atoms with van der Waals surface area (Å²) in [5, 5.41) is 3.48. The molecule has 0 radical (unpaired) electrons. The zero-order valence-corrected chi connectivity index (χ0v) is 13.0. The monoisotopic (exact) mass is 288 g/mol. The van der Waals surface area contributed by atoms with Crippen molar-refractivity contribution < 1.29 is 9.53 Å². The van der Waals surface area contributed by atoms with Crippen LogP contribution in [0.4, 0.5) is 0 Å². The third-order valence-corrected chi connectivity index (χ3v) is 4.80. The summed E-state index contributed by atoms with van der Waals surface area (Å²) < 4.78 is 5.21. The Morgan fingerprint density at radius 2 is 2.00 bits per heavy atom. The fraction of sp³-hybridized carbons (Fsp3) is 0.588. The van der Waals surface area contributed by atoms with Crippen molar-refractivity contribution in [1.82, 2.24) is 10.2 Å². The molecular weight excluding hydrogens is 264 g/mol. The number of methoxy groups -OCH3 is 1. The van der Waals surface area contributed by atoms with Gasteiger partial charge < -0.3 is 9.64 Å². The molecule has 4 atom stereocenters. The summed E-state index contributed by atoms with van der Waals surface area (Å²) in [5.74, 6) is 2.52. The molecule has 1 N–H and O–H groups in total. The number of hydrogen-bond acceptors (Lipinski definition) is 3. The highest BCUT2D eigenvalue weighted by Gasteiger charge is 2.43. The molecule has 1 aromatic rings. The van der Waals surface area contributed by atoms with E-state index >= 15 is 0 Å². The molecule has 3 rings (SSSR count). The number of nitrogens with zero attached hydrogens (tertiary/aromatic N) is 1. The third-order valence-electron chi connectivity index (χ3n) is 4.80. The highest BCUT2D eigenvalue weighted by molar-refractivity contribution is 5.84. The van der Waals surface area contributed by atoms with Gasteiger partial charge in [-0.05, 0) is 42.4 Å². The molecule has 1 aliphatic carbocycles. The normalized spacial score (nSPS) is 31.6. The van der Waals surface area contributed by atoms with Crippen LogP contribution >= 0.6 is 0 Å². The summed E-state index contributed by atoms with van der Waals surface area (Å²) in [6, 6.07) is 7.96. The Hall–Kier alpha value is -1.55. The maximum atomic E-state index is 12.6. The fourth-order valence-electron chi connectivity index (χ4n) is 3.14. The first-order chi connectivity index (χ1) is 10.1. The minimum Gasteiger partial charge on any atom is -0.497 e. The van der Waals surface area contributed by atoms with Crippen molar-refractivity contribution in [1.29, 1.82) is 0 Å². The summed E-state index contributed by atoms with van der Waals surface area (Å²) in [5.41, 5.74) is 1.13. The van der Waals surface area contributed by atoms with Crippen LogP contribution in [0.2, 0.25) is 0 Å². The van der Waals surface area contributed by atoms with Crippen LogP contribution in [0.3, 0.4) is 0 Å². The number of carbonyl (C=O) groups is 1. The predicted octanol–water partition coefficient (Wildman–Crippen LogP) is 2.56. The first-order valence-electron chi connectivity index (χ1n) is 7.84. The minimum atomic E-state index is -0.0499. The van der Waals surface area contributed by atoms with Crippen molar-refractivity contribution in [3.63, 3.8) is 0 Å². The van der Waals surface area contributed by atoms with Gasteiger partial charge in [-0.25, -0.2) is 0 Å². The molecule has 1 saturated heterocycles. The molecule has 2 aliphatic rings. The summed E-state index contributed by atoms with van der Waals surface area (Å²) >= 11 is 0. The number of carbonyl (C=O) groups excluding carboxylic acids is 1. The number of ether oxygens (including phenoxy) is 1. The molecule has 0 aromatic heterocycles. The molecule has 4 unspecified atom stereocenters. The molecule has 4 heteroatoms. The molecule has 2 fully saturated rings. The van der Waals surface area contributed by atoms with Crippen molar-refractivity contribution in [2.24, 2.45) is 11.8 Å². The van der Waals surface area contributed by atoms with E-state index in [9.17, 15) is 4.79 Å². The van der Waals surface area contributed by atoms with Crippen molar-refractivity contribution in [2.45, 2.75) is 38.9 Å². The number of hydrogen-bond donors (Lipinski definition) is 1. The summed E-state index contributed by atoms with van der Waals surface area (Å²) in [7, 11) is 1.67. The topological polar surface area (TPSA) is 41.6 Å². The number of rotatable bonds is 5. The summed E-state index contributed by atoms with van der Waals surface area (Å²) in [6.45, 7) is 5.20. The van der Waals surface area contributed by atoms with Gasteiger partial charge in [0, 0.05) is 6.54 Å². The Labute approximate surface area is 126 Å². The SMILES string of the molecule is CCC1NC(c2ccc(OC)cc2)N(CC2CC2C)C1=O. The van der Waals surface area contributed by atoms with E-state index < -0.39 is 0 Å². The number of benzene rings is 1. The van der Waals surface area contributed by atoms with Gasteiger partial charge >= 0.3 is 0 Å². The molecule has 1 saturated carbocycles. The Kier molecular flexibility index (Phi) is 3.89. The minimum absolute atomic E-state index is 0.00107. The smallest absolute Gasteiger partial charge is 0.241 e. The van der Waals surface area contributed by atoms with Crippen LogP contribution < -0.4 is 10.1 Å². The highest BCUT2D eigenvalue weighted by atomic mass is 16.5. The van der Waals surface area contributed by atoms with Crippen LogP contribution in [0.15, 0.2) is 24.3 Å². The zero-order valence-electron chi connectivity index (χ0n) is 13.0. The second-order valence-electron chi connectivity index (χ2n) is 6.27. The maximum Gasteiger partial charge on any atom is 0.241 e. The van der Waals surface area contributed by atoms with Crippen LogP contribution in [-0.2, 0) is 4.79 Å². The van der Waals surface area contributed by atoms with Crippen LogP contribution in [0.5, 0.6) is 5.75 Å². The summed E-state index contributed by atoms with van der Waals surface area (Å²) in [4.78, 5) is 14.6. The molecule has 114 valence electrons. The van der Waals surface area contributed by atoms with Gasteiger partial charge in [0.2, 0.25) is 5.91 Å². The lowest BCUT2D eigenvalue weighted by Gasteiger charge is -2.25. The van der Waals surface area contributed by atoms with Gasteiger partial charge in [0.25, 0.3) is 0 Å². The van der Waals surface area contributed by atoms with E-state index in [0.29, 0.717) is 5.92 Å². The Morgan fingerprint density at radius 1 is 1.33 bits per heavy atom. The Balaban J connectivity index is 1.80. The second kappa shape index (κ2) is 5.68. The van der Waals surface area contributed by atoms with E-state index in [4.69, 9.17) is 4.74 Å². The molecule has 0 bridgehead atoms. The Morgan fingerprint density at radius 3 is 2.52 bits per heavy atom. The lowest BCUT2D eigenvalue weighted by atomic mass is 10.1. The highest BCUT2D eigenvalue weighted by Crippen LogP contribution is 2.40. The average molecular weight is 288 g/mol. The van der Waals surface area contributed by atoms with Gasteiger partial charge in [-0.3, -0.25) is 10.1 Å². The van der Waals surface area contributed by atoms with Crippen LogP contribution in [0.1, 0.15) is 38.4 Å². The lowest BCUT2D eigenvalue weighted by Crippen LogP contribution is -2.33. The average Bonchev–Trinajstić information content (AvgIpc) is 3.11. The van der Waals surface area contributed by atoms with Crippen molar-refractivity contribution in [3.8, 4) is 5.75 Å². The van der Waals surface area contributed by atoms with Crippen molar-refractivity contribution in [2.75, 3.05) is 13.7 Å². The first-order valence-corrected chi connectivity index (χ1v) is 7.84. The molecule has 0 spiro atoms. The van der Waals surface area contributed by atoms with E-state index in [1.54, 1.807) is 7.11 Å². The molecule has 1 aromatic carbocycles. The van der Waals surface area contributed by atoms with Gasteiger partial charge in [0.05, 0.1) is 13.2 Å². The predicted molar refractivity (Wildman–Crippen MR) is 81.9 cm³/mol. The van der Waals surface area contributed by atoms with Gasteiger partial charge in [-0.15, -0.1) is 0 Å². The van der Waals surface area contributed by atoms with Gasteiger partial charge in [-0.2, -0.15) is 0 Å². The van der Waals surface area contributed by atoms with Crippen LogP contribution in [0.25, 0.3) is 0 Å². The number of amides is 1. The molecule has 4 nitrogen and oxygen atoms in total. The third kappa shape index (κ3) is 2.77. The van der Waals surface area contributed by atoms with Crippen LogP contribution in [0, 0.1) is 11.8 Å². The maximum absolute atomic E-state index is 12.6. The number of nitrogens with one attached hydrogen (secondary N) is 1. The molecule has 1 heterocycles. The lowest BCUT2D eigenvalue weighted by molar-refractivity contribution is -0.130. The van der Waals surface area contributed by atoms with Gasteiger partial charge in [0.1, 0.15) is 11.9 Å². The van der Waals surface area contributed by atoms with E-state index in [2.05, 4.69) is 19.2 Å².